The van der Waals surface area contributed by atoms with E-state index in [-0.39, 0.29) is 53.4 Å². The summed E-state index contributed by atoms with van der Waals surface area (Å²) in [6.45, 7) is 5.60. The molecule has 1 aliphatic heterocycles. The van der Waals surface area contributed by atoms with Gasteiger partial charge in [0.25, 0.3) is 0 Å². The van der Waals surface area contributed by atoms with Gasteiger partial charge < -0.3 is 9.15 Å². The topological polar surface area (TPSA) is 69.4 Å². The molecule has 0 aliphatic carbocycles. The number of nitrogens with zero attached hydrogens (tertiary/aromatic N) is 1. The molecular weight excluding hydrogens is 381 g/mol. The summed E-state index contributed by atoms with van der Waals surface area (Å²) >= 11 is 6.30. The number of aromatic nitrogens is 1. The number of fused-ring (bicyclic) bond motifs is 1. The monoisotopic (exact) mass is 403 g/mol. The summed E-state index contributed by atoms with van der Waals surface area (Å²) in [6.07, 6.45) is 0.365. The first kappa shape index (κ1) is 19.6. The number of sulfone groups is 1. The van der Waals surface area contributed by atoms with Crippen LogP contribution in [0.2, 0.25) is 5.02 Å². The van der Waals surface area contributed by atoms with Crippen molar-refractivity contribution in [3.8, 4) is 0 Å². The van der Waals surface area contributed by atoms with Gasteiger partial charge in [-0.2, -0.15) is 0 Å². The molecule has 1 aliphatic rings. The summed E-state index contributed by atoms with van der Waals surface area (Å²) in [5, 5.41) is 0.0684. The number of halogens is 2. The van der Waals surface area contributed by atoms with Gasteiger partial charge in [0, 0.05) is 18.6 Å². The minimum Gasteiger partial charge on any atom is -0.439 e. The predicted octanol–water partition coefficient (Wildman–Crippen LogP) is 4.46. The Morgan fingerprint density at radius 1 is 1.27 bits per heavy atom. The average molecular weight is 404 g/mol. The van der Waals surface area contributed by atoms with Gasteiger partial charge in [-0.05, 0) is 31.4 Å². The number of ether oxygens (including phenoxy) is 1. The van der Waals surface area contributed by atoms with E-state index in [1.807, 2.05) is 20.8 Å². The Bertz CT molecular complexity index is 906. The van der Waals surface area contributed by atoms with Gasteiger partial charge in [-0.25, -0.2) is 13.4 Å². The Labute approximate surface area is 157 Å². The Kier molecular flexibility index (Phi) is 5.09. The molecule has 26 heavy (non-hydrogen) atoms. The van der Waals surface area contributed by atoms with E-state index < -0.39 is 21.3 Å². The predicted molar refractivity (Wildman–Crippen MR) is 98.3 cm³/mol. The molecule has 2 heterocycles. The molecule has 0 spiro atoms. The fraction of sp³-hybridized carbons (Fsp3) is 0.611. The van der Waals surface area contributed by atoms with Crippen molar-refractivity contribution in [1.82, 2.24) is 4.98 Å². The normalized spacial score (nSPS) is 18.3. The third-order valence-electron chi connectivity index (χ3n) is 4.90. The Balaban J connectivity index is 2.25. The number of oxazole rings is 1. The van der Waals surface area contributed by atoms with E-state index in [1.165, 1.54) is 6.07 Å². The summed E-state index contributed by atoms with van der Waals surface area (Å²) in [5.74, 6) is 0.428. The van der Waals surface area contributed by atoms with E-state index in [2.05, 4.69) is 4.98 Å². The zero-order valence-corrected chi connectivity index (χ0v) is 16.7. The molecule has 1 aromatic heterocycles. The molecule has 5 nitrogen and oxygen atoms in total. The summed E-state index contributed by atoms with van der Waals surface area (Å²) in [5.41, 5.74) is 0.189. The fourth-order valence-electron chi connectivity index (χ4n) is 3.30. The summed E-state index contributed by atoms with van der Waals surface area (Å²) in [7, 11) is -3.96. The van der Waals surface area contributed by atoms with Gasteiger partial charge in [0.05, 0.1) is 16.4 Å². The zero-order chi connectivity index (χ0) is 19.2. The highest BCUT2D eigenvalue weighted by molar-refractivity contribution is 7.93. The van der Waals surface area contributed by atoms with Crippen LogP contribution >= 0.6 is 11.6 Å². The van der Waals surface area contributed by atoms with Crippen LogP contribution in [0.1, 0.15) is 45.9 Å². The van der Waals surface area contributed by atoms with E-state index in [0.717, 1.165) is 0 Å². The third-order valence-corrected chi connectivity index (χ3v) is 8.02. The maximum Gasteiger partial charge on any atom is 0.200 e. The van der Waals surface area contributed by atoms with Crippen molar-refractivity contribution < 1.29 is 22.0 Å². The molecule has 0 N–H and O–H groups in total. The van der Waals surface area contributed by atoms with Gasteiger partial charge in [0.15, 0.2) is 15.4 Å². The van der Waals surface area contributed by atoms with Crippen LogP contribution in [0.5, 0.6) is 0 Å². The first-order chi connectivity index (χ1) is 12.1. The van der Waals surface area contributed by atoms with Crippen molar-refractivity contribution >= 4 is 32.5 Å². The van der Waals surface area contributed by atoms with E-state index in [9.17, 15) is 12.8 Å². The number of hydrogen-bond donors (Lipinski definition) is 0. The van der Waals surface area contributed by atoms with Crippen molar-refractivity contribution in [2.45, 2.75) is 55.1 Å². The van der Waals surface area contributed by atoms with Crippen LogP contribution in [0.4, 0.5) is 4.39 Å². The molecule has 1 saturated heterocycles. The second-order valence-electron chi connectivity index (χ2n) is 7.73. The summed E-state index contributed by atoms with van der Waals surface area (Å²) < 4.78 is 50.4. The van der Waals surface area contributed by atoms with E-state index >= 15 is 0 Å². The van der Waals surface area contributed by atoms with Crippen LogP contribution in [0.25, 0.3) is 11.1 Å². The van der Waals surface area contributed by atoms with Gasteiger partial charge >= 0.3 is 0 Å². The molecule has 2 aromatic rings. The van der Waals surface area contributed by atoms with E-state index in [1.54, 1.807) is 6.07 Å². The summed E-state index contributed by atoms with van der Waals surface area (Å²) in [6, 6.07) is 3.15. The molecule has 0 bridgehead atoms. The maximum atomic E-state index is 13.6. The van der Waals surface area contributed by atoms with Crippen molar-refractivity contribution in [2.75, 3.05) is 19.9 Å². The average Bonchev–Trinajstić information content (AvgIpc) is 2.99. The highest BCUT2D eigenvalue weighted by Crippen LogP contribution is 2.43. The van der Waals surface area contributed by atoms with E-state index in [0.29, 0.717) is 11.4 Å². The lowest BCUT2D eigenvalue weighted by Gasteiger charge is -2.36. The SMILES string of the molecule is CC(C)(C)c1nc2ccc(Cl)c(S(=O)(=O)C3(CCF)CCOCC3)c2o1. The molecule has 0 saturated carbocycles. The molecular formula is C18H23ClFNO4S. The number of alkyl halides is 1. The Morgan fingerprint density at radius 2 is 1.92 bits per heavy atom. The van der Waals surface area contributed by atoms with Crippen molar-refractivity contribution in [1.29, 1.82) is 0 Å². The van der Waals surface area contributed by atoms with E-state index in [4.69, 9.17) is 20.8 Å². The van der Waals surface area contributed by atoms with Gasteiger partial charge in [-0.3, -0.25) is 4.39 Å². The van der Waals surface area contributed by atoms with Crippen LogP contribution in [0.3, 0.4) is 0 Å². The lowest BCUT2D eigenvalue weighted by molar-refractivity contribution is 0.0705. The second kappa shape index (κ2) is 6.77. The lowest BCUT2D eigenvalue weighted by atomic mass is 9.96. The first-order valence-electron chi connectivity index (χ1n) is 8.60. The molecule has 3 rings (SSSR count). The Morgan fingerprint density at radius 3 is 2.50 bits per heavy atom. The molecule has 0 amide bonds. The third kappa shape index (κ3) is 3.14. The van der Waals surface area contributed by atoms with Crippen LogP contribution in [0, 0.1) is 0 Å². The number of rotatable bonds is 4. The Hall–Kier alpha value is -1.18. The fourth-order valence-corrected chi connectivity index (χ4v) is 5.95. The molecule has 144 valence electrons. The maximum absolute atomic E-state index is 13.6. The molecule has 0 radical (unpaired) electrons. The van der Waals surface area contributed by atoms with Gasteiger partial charge in [0.1, 0.15) is 10.4 Å². The van der Waals surface area contributed by atoms with Crippen LogP contribution in [0.15, 0.2) is 21.4 Å². The number of benzene rings is 1. The highest BCUT2D eigenvalue weighted by Gasteiger charge is 2.47. The quantitative estimate of drug-likeness (QED) is 0.753. The van der Waals surface area contributed by atoms with Gasteiger partial charge in [-0.15, -0.1) is 0 Å². The first-order valence-corrected chi connectivity index (χ1v) is 10.5. The van der Waals surface area contributed by atoms with Gasteiger partial charge in [0.2, 0.25) is 5.89 Å². The smallest absolute Gasteiger partial charge is 0.200 e. The minimum absolute atomic E-state index is 0.0684. The molecule has 1 fully saturated rings. The van der Waals surface area contributed by atoms with Crippen molar-refractivity contribution in [3.05, 3.63) is 23.0 Å². The van der Waals surface area contributed by atoms with Crippen LogP contribution < -0.4 is 0 Å². The largest absolute Gasteiger partial charge is 0.439 e. The second-order valence-corrected chi connectivity index (χ2v) is 10.4. The number of hydrogen-bond acceptors (Lipinski definition) is 5. The van der Waals surface area contributed by atoms with Crippen LogP contribution in [-0.2, 0) is 20.0 Å². The highest BCUT2D eigenvalue weighted by atomic mass is 35.5. The zero-order valence-electron chi connectivity index (χ0n) is 15.1. The molecule has 1 aromatic carbocycles. The van der Waals surface area contributed by atoms with Crippen LogP contribution in [-0.4, -0.2) is 38.0 Å². The van der Waals surface area contributed by atoms with Gasteiger partial charge in [-0.1, -0.05) is 32.4 Å². The molecule has 0 unspecified atom stereocenters. The standard InChI is InChI=1S/C18H23ClFNO4S/c1-17(2,3)16-21-13-5-4-12(19)15(14(13)25-16)26(22,23)18(6-9-20)7-10-24-11-8-18/h4-5H,6-11H2,1-3H3. The lowest BCUT2D eigenvalue weighted by Crippen LogP contribution is -2.44. The minimum atomic E-state index is -3.96. The van der Waals surface area contributed by atoms with Crippen molar-refractivity contribution in [3.63, 3.8) is 0 Å². The van der Waals surface area contributed by atoms with Crippen molar-refractivity contribution in [2.24, 2.45) is 0 Å². The molecule has 0 atom stereocenters. The summed E-state index contributed by atoms with van der Waals surface area (Å²) in [4.78, 5) is 4.34. The molecule has 8 heteroatoms.